The number of rotatable bonds is 5. The van der Waals surface area contributed by atoms with Crippen LogP contribution in [0, 0.1) is 6.92 Å². The van der Waals surface area contributed by atoms with Crippen molar-refractivity contribution in [2.75, 3.05) is 44.7 Å². The summed E-state index contributed by atoms with van der Waals surface area (Å²) >= 11 is 1.67. The summed E-state index contributed by atoms with van der Waals surface area (Å²) in [7, 11) is 1.51. The Labute approximate surface area is 163 Å². The van der Waals surface area contributed by atoms with E-state index in [1.807, 2.05) is 6.92 Å². The first-order valence-electron chi connectivity index (χ1n) is 9.10. The number of aromatic hydroxyl groups is 1. The van der Waals surface area contributed by atoms with Gasteiger partial charge in [0.15, 0.2) is 5.13 Å². The lowest BCUT2D eigenvalue weighted by Gasteiger charge is -2.24. The van der Waals surface area contributed by atoms with Gasteiger partial charge in [-0.3, -0.25) is 9.69 Å². The summed E-state index contributed by atoms with van der Waals surface area (Å²) < 4.78 is 0. The van der Waals surface area contributed by atoms with Crippen LogP contribution in [-0.4, -0.2) is 65.8 Å². The minimum Gasteiger partial charge on any atom is -0.507 e. The van der Waals surface area contributed by atoms with Gasteiger partial charge >= 0.3 is 0 Å². The van der Waals surface area contributed by atoms with Gasteiger partial charge in [0.1, 0.15) is 5.75 Å². The normalized spacial score (nSPS) is 16.8. The third-order valence-electron chi connectivity index (χ3n) is 4.77. The van der Waals surface area contributed by atoms with Crippen LogP contribution in [0.15, 0.2) is 23.6 Å². The number of carbonyl (C=O) groups excluding carboxylic acids is 1. The number of anilines is 1. The summed E-state index contributed by atoms with van der Waals surface area (Å²) in [4.78, 5) is 20.9. The summed E-state index contributed by atoms with van der Waals surface area (Å²) in [5, 5.41) is 26.1. The lowest BCUT2D eigenvalue weighted by atomic mass is 10.0. The highest BCUT2D eigenvalue weighted by Gasteiger charge is 2.21. The van der Waals surface area contributed by atoms with Gasteiger partial charge in [0.25, 0.3) is 5.91 Å². The van der Waals surface area contributed by atoms with Gasteiger partial charge in [-0.25, -0.2) is 4.98 Å². The minimum absolute atomic E-state index is 0.0885. The van der Waals surface area contributed by atoms with Gasteiger partial charge in [0, 0.05) is 45.2 Å². The summed E-state index contributed by atoms with van der Waals surface area (Å²) in [5.41, 5.74) is 1.85. The number of aliphatic hydroxyl groups is 1. The molecule has 0 radical (unpaired) electrons. The van der Waals surface area contributed by atoms with Gasteiger partial charge in [-0.15, -0.1) is 11.3 Å². The number of amides is 1. The fourth-order valence-electron chi connectivity index (χ4n) is 3.26. The van der Waals surface area contributed by atoms with E-state index in [1.165, 1.54) is 13.1 Å². The number of carbonyl (C=O) groups is 1. The number of aryl methyl sites for hydroxylation is 1. The molecule has 0 spiro atoms. The van der Waals surface area contributed by atoms with Crippen LogP contribution in [0.25, 0.3) is 0 Å². The first-order valence-corrected chi connectivity index (χ1v) is 9.98. The van der Waals surface area contributed by atoms with E-state index in [0.29, 0.717) is 12.1 Å². The largest absolute Gasteiger partial charge is 0.507 e. The maximum atomic E-state index is 11.8. The van der Waals surface area contributed by atoms with Crippen molar-refractivity contribution in [3.05, 3.63) is 40.4 Å². The molecule has 1 aliphatic rings. The highest BCUT2D eigenvalue weighted by molar-refractivity contribution is 7.13. The second-order valence-electron chi connectivity index (χ2n) is 6.78. The number of phenols is 1. The van der Waals surface area contributed by atoms with E-state index in [4.69, 9.17) is 0 Å². The zero-order chi connectivity index (χ0) is 19.4. The van der Waals surface area contributed by atoms with Crippen LogP contribution in [0.3, 0.4) is 0 Å². The zero-order valence-corrected chi connectivity index (χ0v) is 16.5. The summed E-state index contributed by atoms with van der Waals surface area (Å²) in [6.45, 7) is 6.07. The second-order valence-corrected chi connectivity index (χ2v) is 7.62. The molecule has 1 atom stereocenters. The first kappa shape index (κ1) is 19.6. The highest BCUT2D eigenvalue weighted by Crippen LogP contribution is 2.25. The predicted octanol–water partition coefficient (Wildman–Crippen LogP) is 1.76. The quantitative estimate of drug-likeness (QED) is 0.721. The molecule has 1 fully saturated rings. The lowest BCUT2D eigenvalue weighted by Crippen LogP contribution is -2.33. The van der Waals surface area contributed by atoms with Crippen LogP contribution in [0.1, 0.15) is 34.1 Å². The van der Waals surface area contributed by atoms with E-state index in [-0.39, 0.29) is 17.2 Å². The number of hydrogen-bond acceptors (Lipinski definition) is 7. The Balaban J connectivity index is 1.62. The Hall–Kier alpha value is -2.16. The monoisotopic (exact) mass is 390 g/mol. The number of thiazole rings is 1. The first-order chi connectivity index (χ1) is 13.0. The lowest BCUT2D eigenvalue weighted by molar-refractivity contribution is 0.0959. The number of aromatic nitrogens is 1. The number of aliphatic hydroxyl groups excluding tert-OH is 1. The molecule has 1 aliphatic heterocycles. The van der Waals surface area contributed by atoms with E-state index >= 15 is 0 Å². The van der Waals surface area contributed by atoms with Gasteiger partial charge in [-0.2, -0.15) is 0 Å². The standard InChI is InChI=1S/C19H26N4O3S/c1-13-12-27-19(21-13)23-7-3-6-22(8-9-23)11-17(25)14-4-5-16(24)15(10-14)18(26)20-2/h4-5,10,12,17,24-25H,3,6-9,11H2,1-2H3,(H,20,26). The molecule has 2 aromatic rings. The van der Waals surface area contributed by atoms with Crippen molar-refractivity contribution in [1.29, 1.82) is 0 Å². The maximum Gasteiger partial charge on any atom is 0.254 e. The van der Waals surface area contributed by atoms with Crippen molar-refractivity contribution in [1.82, 2.24) is 15.2 Å². The number of nitrogens with zero attached hydrogens (tertiary/aromatic N) is 3. The average molecular weight is 391 g/mol. The molecule has 1 aromatic heterocycles. The SMILES string of the molecule is CNC(=O)c1cc(C(O)CN2CCCN(c3nc(C)cs3)CC2)ccc1O. The Bertz CT molecular complexity index is 795. The molecule has 0 saturated carbocycles. The fourth-order valence-corrected chi connectivity index (χ4v) is 4.12. The molecule has 27 heavy (non-hydrogen) atoms. The number of β-amino-alcohol motifs (C(OH)–C–C–N with tert-alkyl or cyclic N) is 1. The van der Waals surface area contributed by atoms with E-state index in [0.717, 1.165) is 43.4 Å². The molecule has 0 bridgehead atoms. The van der Waals surface area contributed by atoms with Crippen molar-refractivity contribution in [2.24, 2.45) is 0 Å². The molecule has 1 unspecified atom stereocenters. The van der Waals surface area contributed by atoms with Gasteiger partial charge in [0.2, 0.25) is 0 Å². The van der Waals surface area contributed by atoms with Crippen molar-refractivity contribution < 1.29 is 15.0 Å². The molecule has 1 amide bonds. The molecule has 2 heterocycles. The zero-order valence-electron chi connectivity index (χ0n) is 15.7. The topological polar surface area (TPSA) is 88.9 Å². The molecule has 1 aromatic carbocycles. The van der Waals surface area contributed by atoms with Gasteiger partial charge in [0.05, 0.1) is 17.4 Å². The Morgan fingerprint density at radius 2 is 2.15 bits per heavy atom. The third-order valence-corrected chi connectivity index (χ3v) is 5.79. The molecule has 1 saturated heterocycles. The Kier molecular flexibility index (Phi) is 6.30. The van der Waals surface area contributed by atoms with Crippen molar-refractivity contribution in [2.45, 2.75) is 19.4 Å². The number of hydrogen-bond donors (Lipinski definition) is 3. The highest BCUT2D eigenvalue weighted by atomic mass is 32.1. The van der Waals surface area contributed by atoms with Crippen molar-refractivity contribution in [3.63, 3.8) is 0 Å². The van der Waals surface area contributed by atoms with E-state index in [9.17, 15) is 15.0 Å². The average Bonchev–Trinajstić information content (AvgIpc) is 2.96. The Morgan fingerprint density at radius 1 is 1.33 bits per heavy atom. The van der Waals surface area contributed by atoms with Crippen molar-refractivity contribution >= 4 is 22.4 Å². The van der Waals surface area contributed by atoms with Crippen LogP contribution in [0.2, 0.25) is 0 Å². The molecule has 3 N–H and O–H groups in total. The second kappa shape index (κ2) is 8.69. The van der Waals surface area contributed by atoms with Crippen molar-refractivity contribution in [3.8, 4) is 5.75 Å². The van der Waals surface area contributed by atoms with Crippen LogP contribution in [0.5, 0.6) is 5.75 Å². The number of phenolic OH excluding ortho intramolecular Hbond substituents is 1. The fraction of sp³-hybridized carbons (Fsp3) is 0.474. The van der Waals surface area contributed by atoms with Gasteiger partial charge in [-0.05, 0) is 31.0 Å². The van der Waals surface area contributed by atoms with Crippen LogP contribution in [0.4, 0.5) is 5.13 Å². The third kappa shape index (κ3) is 4.77. The van der Waals surface area contributed by atoms with E-state index < -0.39 is 6.10 Å². The minimum atomic E-state index is -0.720. The smallest absolute Gasteiger partial charge is 0.254 e. The molecule has 7 nitrogen and oxygen atoms in total. The van der Waals surface area contributed by atoms with Gasteiger partial charge < -0.3 is 20.4 Å². The maximum absolute atomic E-state index is 11.8. The summed E-state index contributed by atoms with van der Waals surface area (Å²) in [5.74, 6) is -0.458. The van der Waals surface area contributed by atoms with E-state index in [1.54, 1.807) is 23.5 Å². The summed E-state index contributed by atoms with van der Waals surface area (Å²) in [6, 6.07) is 4.67. The van der Waals surface area contributed by atoms with Crippen LogP contribution in [-0.2, 0) is 0 Å². The number of nitrogens with one attached hydrogen (secondary N) is 1. The molecular formula is C19H26N4O3S. The predicted molar refractivity (Wildman–Crippen MR) is 107 cm³/mol. The van der Waals surface area contributed by atoms with Crippen LogP contribution >= 0.6 is 11.3 Å². The van der Waals surface area contributed by atoms with Crippen LogP contribution < -0.4 is 10.2 Å². The van der Waals surface area contributed by atoms with Gasteiger partial charge in [-0.1, -0.05) is 6.07 Å². The Morgan fingerprint density at radius 3 is 2.85 bits per heavy atom. The molecule has 146 valence electrons. The summed E-state index contributed by atoms with van der Waals surface area (Å²) in [6.07, 6.45) is 0.285. The molecular weight excluding hydrogens is 364 g/mol. The number of benzene rings is 1. The molecule has 8 heteroatoms. The van der Waals surface area contributed by atoms with E-state index in [2.05, 4.69) is 25.5 Å². The molecule has 0 aliphatic carbocycles. The molecule has 3 rings (SSSR count).